The Balaban J connectivity index is 1.87. The number of halogens is 1. The van der Waals surface area contributed by atoms with Crippen molar-refractivity contribution < 1.29 is 33.4 Å². The Bertz CT molecular complexity index is 1600. The number of rotatable bonds is 15. The lowest BCUT2D eigenvalue weighted by molar-refractivity contribution is -0.159. The maximum Gasteiger partial charge on any atom is 0.329 e. The van der Waals surface area contributed by atoms with Gasteiger partial charge >= 0.3 is 23.9 Å². The van der Waals surface area contributed by atoms with E-state index in [1.54, 1.807) is 78.9 Å². The molecule has 1 aromatic heterocycles. The van der Waals surface area contributed by atoms with Gasteiger partial charge in [0.15, 0.2) is 5.60 Å². The summed E-state index contributed by atoms with van der Waals surface area (Å²) in [4.78, 5) is 53.1. The highest BCUT2D eigenvalue weighted by Gasteiger charge is 2.38. The van der Waals surface area contributed by atoms with Gasteiger partial charge in [0.1, 0.15) is 23.3 Å². The minimum atomic E-state index is -1.34. The number of nitrogens with zero attached hydrogens (tertiary/aromatic N) is 3. The van der Waals surface area contributed by atoms with E-state index in [1.807, 2.05) is 30.3 Å². The lowest BCUT2D eigenvalue weighted by atomic mass is 9.87. The van der Waals surface area contributed by atoms with Gasteiger partial charge in [0.05, 0.1) is 5.69 Å². The van der Waals surface area contributed by atoms with Crippen LogP contribution in [-0.2, 0) is 47.3 Å². The maximum atomic E-state index is 14.1. The number of esters is 3. The first-order valence-electron chi connectivity index (χ1n) is 16.5. The number of ether oxygens (including phenoxy) is 3. The second-order valence-electron chi connectivity index (χ2n) is 14.0. The summed E-state index contributed by atoms with van der Waals surface area (Å²) in [7, 11) is 0. The van der Waals surface area contributed by atoms with Crippen LogP contribution in [0.5, 0.6) is 0 Å². The molecule has 1 heterocycles. The zero-order valence-corrected chi connectivity index (χ0v) is 30.6. The van der Waals surface area contributed by atoms with Gasteiger partial charge in [0.25, 0.3) is 0 Å². The van der Waals surface area contributed by atoms with E-state index in [9.17, 15) is 19.2 Å². The molecule has 0 saturated carbocycles. The highest BCUT2D eigenvalue weighted by molar-refractivity contribution is 6.31. The lowest BCUT2D eigenvalue weighted by Crippen LogP contribution is -2.53. The Morgan fingerprint density at radius 2 is 1.40 bits per heavy atom. The molecule has 2 aromatic carbocycles. The largest absolute Gasteiger partial charge is 0.460 e. The quantitative estimate of drug-likeness (QED) is 0.141. The van der Waals surface area contributed by atoms with Crippen molar-refractivity contribution in [3.05, 3.63) is 82.6 Å². The topological polar surface area (TPSA) is 177 Å². The van der Waals surface area contributed by atoms with Crippen LogP contribution in [0.2, 0.25) is 5.02 Å². The summed E-state index contributed by atoms with van der Waals surface area (Å²) in [6.45, 7) is 12.5. The van der Waals surface area contributed by atoms with E-state index in [0.29, 0.717) is 21.8 Å². The van der Waals surface area contributed by atoms with Crippen molar-refractivity contribution in [2.45, 2.75) is 116 Å². The Labute approximate surface area is 298 Å². The molecular formula is C36H49ClN6O7. The van der Waals surface area contributed by atoms with Crippen molar-refractivity contribution >= 4 is 35.5 Å². The fraction of sp³-hybridized carbons (Fsp3) is 0.500. The van der Waals surface area contributed by atoms with Crippen LogP contribution >= 0.6 is 11.6 Å². The van der Waals surface area contributed by atoms with E-state index < -0.39 is 52.8 Å². The molecule has 14 heteroatoms. The molecule has 0 aliphatic heterocycles. The molecule has 0 saturated heterocycles. The molecule has 0 aliphatic carbocycles. The number of benzene rings is 2. The van der Waals surface area contributed by atoms with Gasteiger partial charge in [0.2, 0.25) is 0 Å². The van der Waals surface area contributed by atoms with Gasteiger partial charge in [-0.15, -0.1) is 5.10 Å². The van der Waals surface area contributed by atoms with Crippen molar-refractivity contribution in [1.29, 1.82) is 0 Å². The number of aromatic nitrogens is 3. The zero-order chi connectivity index (χ0) is 37.1. The van der Waals surface area contributed by atoms with E-state index in [-0.39, 0.29) is 38.8 Å². The molecular weight excluding hydrogens is 664 g/mol. The fourth-order valence-electron chi connectivity index (χ4n) is 5.02. The molecule has 0 aliphatic rings. The third kappa shape index (κ3) is 12.4. The van der Waals surface area contributed by atoms with E-state index in [1.165, 1.54) is 4.68 Å². The number of urea groups is 1. The number of hydrogen-bond donors (Lipinski definition) is 3. The molecule has 272 valence electrons. The van der Waals surface area contributed by atoms with Crippen molar-refractivity contribution in [3.8, 4) is 0 Å². The molecule has 3 rings (SSSR count). The predicted octanol–water partition coefficient (Wildman–Crippen LogP) is 5.18. The summed E-state index contributed by atoms with van der Waals surface area (Å²) in [6, 6.07) is 13.0. The second kappa shape index (κ2) is 17.4. The second-order valence-corrected chi connectivity index (χ2v) is 14.4. The SMILES string of the molecule is CC(C)(C)OC(=O)CCCC(NC(=O)N[C@@H](CCn1cc(CN)nn1)C(=O)OC(C)(c1ccccc1)c1ccccc1Cl)C(=O)OC(C)(C)C. The average molecular weight is 713 g/mol. The monoisotopic (exact) mass is 712 g/mol. The number of carbonyl (C=O) groups is 4. The first-order chi connectivity index (χ1) is 23.4. The van der Waals surface area contributed by atoms with Crippen LogP contribution < -0.4 is 16.4 Å². The summed E-state index contributed by atoms with van der Waals surface area (Å²) in [5, 5.41) is 13.7. The minimum Gasteiger partial charge on any atom is -0.460 e. The summed E-state index contributed by atoms with van der Waals surface area (Å²) in [5.41, 5.74) is 4.59. The van der Waals surface area contributed by atoms with Crippen molar-refractivity contribution in [2.75, 3.05) is 0 Å². The van der Waals surface area contributed by atoms with Crippen LogP contribution in [-0.4, -0.2) is 62.2 Å². The molecule has 3 aromatic rings. The van der Waals surface area contributed by atoms with Gasteiger partial charge in [-0.3, -0.25) is 9.48 Å². The number of hydrogen-bond acceptors (Lipinski definition) is 10. The Morgan fingerprint density at radius 1 is 0.820 bits per heavy atom. The smallest absolute Gasteiger partial charge is 0.329 e. The van der Waals surface area contributed by atoms with E-state index in [0.717, 1.165) is 0 Å². The third-order valence-corrected chi connectivity index (χ3v) is 7.67. The molecule has 4 N–H and O–H groups in total. The molecule has 3 atom stereocenters. The number of nitrogens with two attached hydrogens (primary N) is 1. The van der Waals surface area contributed by atoms with Gasteiger partial charge in [-0.05, 0) is 79.4 Å². The Morgan fingerprint density at radius 3 is 1.98 bits per heavy atom. The zero-order valence-electron chi connectivity index (χ0n) is 29.8. The van der Waals surface area contributed by atoms with Gasteiger partial charge in [-0.25, -0.2) is 14.4 Å². The highest BCUT2D eigenvalue weighted by Crippen LogP contribution is 2.37. The van der Waals surface area contributed by atoms with Gasteiger partial charge in [0, 0.05) is 36.3 Å². The maximum absolute atomic E-state index is 14.1. The van der Waals surface area contributed by atoms with Crippen LogP contribution in [0.4, 0.5) is 4.79 Å². The lowest BCUT2D eigenvalue weighted by Gasteiger charge is -2.33. The molecule has 50 heavy (non-hydrogen) atoms. The van der Waals surface area contributed by atoms with Gasteiger partial charge in [-0.1, -0.05) is 65.3 Å². The summed E-state index contributed by atoms with van der Waals surface area (Å²) >= 11 is 6.62. The summed E-state index contributed by atoms with van der Waals surface area (Å²) in [6.07, 6.45) is 2.02. The number of carbonyl (C=O) groups excluding carboxylic acids is 4. The van der Waals surface area contributed by atoms with E-state index >= 15 is 0 Å². The molecule has 0 bridgehead atoms. The van der Waals surface area contributed by atoms with Crippen LogP contribution in [0.3, 0.4) is 0 Å². The van der Waals surface area contributed by atoms with E-state index in [2.05, 4.69) is 20.9 Å². The van der Waals surface area contributed by atoms with Crippen LogP contribution in [0.1, 0.15) is 91.0 Å². The number of nitrogens with one attached hydrogen (secondary N) is 2. The predicted molar refractivity (Wildman–Crippen MR) is 188 cm³/mol. The summed E-state index contributed by atoms with van der Waals surface area (Å²) in [5.74, 6) is -1.88. The number of amides is 2. The first-order valence-corrected chi connectivity index (χ1v) is 16.9. The normalized spacial score (nSPS) is 14.1. The third-order valence-electron chi connectivity index (χ3n) is 7.34. The first kappa shape index (κ1) is 39.9. The molecule has 2 amide bonds. The molecule has 0 radical (unpaired) electrons. The minimum absolute atomic E-state index is 0.0254. The Kier molecular flexibility index (Phi) is 13.9. The van der Waals surface area contributed by atoms with Crippen LogP contribution in [0, 0.1) is 0 Å². The van der Waals surface area contributed by atoms with Crippen molar-refractivity contribution in [1.82, 2.24) is 25.6 Å². The molecule has 0 fully saturated rings. The van der Waals surface area contributed by atoms with E-state index in [4.69, 9.17) is 31.5 Å². The van der Waals surface area contributed by atoms with Crippen molar-refractivity contribution in [3.63, 3.8) is 0 Å². The van der Waals surface area contributed by atoms with Gasteiger partial charge < -0.3 is 30.6 Å². The molecule has 13 nitrogen and oxygen atoms in total. The van der Waals surface area contributed by atoms with Crippen LogP contribution in [0.25, 0.3) is 0 Å². The van der Waals surface area contributed by atoms with Crippen molar-refractivity contribution in [2.24, 2.45) is 5.73 Å². The number of aryl methyl sites for hydroxylation is 1. The fourth-order valence-corrected chi connectivity index (χ4v) is 5.34. The van der Waals surface area contributed by atoms with Gasteiger partial charge in [-0.2, -0.15) is 0 Å². The summed E-state index contributed by atoms with van der Waals surface area (Å²) < 4.78 is 18.7. The average Bonchev–Trinajstić information content (AvgIpc) is 3.49. The standard InChI is InChI=1S/C36H49ClN6O7/c1-34(2,3)48-30(44)19-13-18-28(31(45)49-35(4,5)6)39-33(47)40-29(20-21-43-23-25(22-38)41-42-43)32(46)50-36(7,24-14-9-8-10-15-24)26-16-11-12-17-27(26)37/h8-12,14-17,23,28-29H,13,18-22,38H2,1-7H3,(H2,39,40,47)/t28?,29-,36?/m0/s1. The highest BCUT2D eigenvalue weighted by atomic mass is 35.5. The Hall–Kier alpha value is -4.49. The molecule has 2 unspecified atom stereocenters. The molecule has 0 spiro atoms. The van der Waals surface area contributed by atoms with Crippen LogP contribution in [0.15, 0.2) is 60.8 Å².